The van der Waals surface area contributed by atoms with Crippen molar-refractivity contribution >= 4 is 16.9 Å². The minimum atomic E-state index is -0.191. The van der Waals surface area contributed by atoms with Crippen LogP contribution in [0.15, 0.2) is 35.3 Å². The third-order valence-electron chi connectivity index (χ3n) is 5.90. The van der Waals surface area contributed by atoms with Gasteiger partial charge in [-0.1, -0.05) is 25.5 Å². The molecule has 31 heavy (non-hydrogen) atoms. The zero-order valence-electron chi connectivity index (χ0n) is 18.7. The number of unbranched alkanes of at least 4 members (excludes halogenated alkanes) is 1. The van der Waals surface area contributed by atoms with E-state index < -0.39 is 0 Å². The van der Waals surface area contributed by atoms with Gasteiger partial charge < -0.3 is 14.6 Å². The van der Waals surface area contributed by atoms with Gasteiger partial charge in [0.05, 0.1) is 19.3 Å². The summed E-state index contributed by atoms with van der Waals surface area (Å²) in [6, 6.07) is 9.39. The molecule has 0 unspecified atom stereocenters. The number of imidazole rings is 1. The fraction of sp³-hybridized carbons (Fsp3) is 0.522. The van der Waals surface area contributed by atoms with Crippen molar-refractivity contribution in [1.29, 1.82) is 0 Å². The second-order valence-electron chi connectivity index (χ2n) is 8.39. The predicted octanol–water partition coefficient (Wildman–Crippen LogP) is 2.88. The Morgan fingerprint density at radius 3 is 2.55 bits per heavy atom. The van der Waals surface area contributed by atoms with Gasteiger partial charge >= 0.3 is 11.7 Å². The molecular formula is C23H32N6O2. The fourth-order valence-corrected chi connectivity index (χ4v) is 3.95. The summed E-state index contributed by atoms with van der Waals surface area (Å²) in [5.41, 5.74) is 3.28. The van der Waals surface area contributed by atoms with Gasteiger partial charge in [0.25, 0.3) is 0 Å². The van der Waals surface area contributed by atoms with E-state index >= 15 is 0 Å². The van der Waals surface area contributed by atoms with Crippen molar-refractivity contribution in [1.82, 2.24) is 24.4 Å². The number of piperazine rings is 1. The van der Waals surface area contributed by atoms with Crippen molar-refractivity contribution < 1.29 is 4.74 Å². The van der Waals surface area contributed by atoms with Crippen LogP contribution < -0.4 is 15.3 Å². The lowest BCUT2D eigenvalue weighted by Gasteiger charge is -2.38. The van der Waals surface area contributed by atoms with Crippen LogP contribution in [0, 0.1) is 0 Å². The van der Waals surface area contributed by atoms with E-state index in [2.05, 4.69) is 69.8 Å². The topological polar surface area (TPSA) is 79.3 Å². The second kappa shape index (κ2) is 9.51. The number of fused-ring (bicyclic) bond motifs is 1. The van der Waals surface area contributed by atoms with E-state index in [-0.39, 0.29) is 5.69 Å². The molecule has 1 fully saturated rings. The number of H-pyrrole nitrogens is 1. The number of aromatic amines is 1. The molecule has 2 aromatic heterocycles. The van der Waals surface area contributed by atoms with E-state index in [9.17, 15) is 4.79 Å². The lowest BCUT2D eigenvalue weighted by Crippen LogP contribution is -2.48. The zero-order valence-corrected chi connectivity index (χ0v) is 18.7. The molecule has 0 spiro atoms. The summed E-state index contributed by atoms with van der Waals surface area (Å²) in [4.78, 5) is 28.9. The maximum Gasteiger partial charge on any atom is 0.328 e. The summed E-state index contributed by atoms with van der Waals surface area (Å²) >= 11 is 0. The molecule has 0 atom stereocenters. The van der Waals surface area contributed by atoms with E-state index in [4.69, 9.17) is 4.74 Å². The molecule has 3 aromatic rings. The maximum absolute atomic E-state index is 12.5. The lowest BCUT2D eigenvalue weighted by molar-refractivity contribution is 0.209. The average Bonchev–Trinajstić information content (AvgIpc) is 3.09. The molecule has 3 heterocycles. The molecule has 166 valence electrons. The number of anilines is 1. The predicted molar refractivity (Wildman–Crippen MR) is 123 cm³/mol. The zero-order chi connectivity index (χ0) is 21.8. The third kappa shape index (κ3) is 4.90. The Balaban J connectivity index is 1.47. The number of rotatable bonds is 8. The minimum Gasteiger partial charge on any atom is -0.463 e. The van der Waals surface area contributed by atoms with E-state index in [0.29, 0.717) is 36.4 Å². The van der Waals surface area contributed by atoms with E-state index in [1.54, 1.807) is 10.8 Å². The largest absolute Gasteiger partial charge is 0.463 e. The molecule has 1 aliphatic heterocycles. The van der Waals surface area contributed by atoms with Crippen molar-refractivity contribution in [3.63, 3.8) is 0 Å². The molecule has 1 N–H and O–H groups in total. The molecule has 0 aliphatic carbocycles. The van der Waals surface area contributed by atoms with Crippen LogP contribution in [0.5, 0.6) is 6.01 Å². The number of aromatic nitrogens is 4. The number of ether oxygens (including phenoxy) is 1. The summed E-state index contributed by atoms with van der Waals surface area (Å²) in [5.74, 6) is 0. The van der Waals surface area contributed by atoms with Gasteiger partial charge in [0.15, 0.2) is 5.65 Å². The Bertz CT molecular complexity index is 1050. The summed E-state index contributed by atoms with van der Waals surface area (Å²) in [6.07, 6.45) is 3.60. The lowest BCUT2D eigenvalue weighted by atomic mass is 10.1. The maximum atomic E-state index is 12.5. The molecule has 0 amide bonds. The van der Waals surface area contributed by atoms with E-state index in [1.165, 1.54) is 5.69 Å². The second-order valence-corrected chi connectivity index (χ2v) is 8.39. The first-order chi connectivity index (χ1) is 15.0. The summed E-state index contributed by atoms with van der Waals surface area (Å²) in [6.45, 7) is 11.9. The molecule has 1 saturated heterocycles. The normalized spacial score (nSPS) is 15.2. The van der Waals surface area contributed by atoms with Crippen molar-refractivity contribution in [2.75, 3.05) is 37.7 Å². The highest BCUT2D eigenvalue weighted by Crippen LogP contribution is 2.19. The van der Waals surface area contributed by atoms with Gasteiger partial charge in [0.1, 0.15) is 5.52 Å². The summed E-state index contributed by atoms with van der Waals surface area (Å²) < 4.78 is 7.25. The Morgan fingerprint density at radius 1 is 1.13 bits per heavy atom. The molecule has 0 radical (unpaired) electrons. The summed E-state index contributed by atoms with van der Waals surface area (Å²) in [7, 11) is 0. The number of benzene rings is 1. The standard InChI is InChI=1S/C23H32N6O2/c1-4-5-14-31-22-24-15-20-21(26-22)29(23(30)25-20)16-18-6-8-19(9-7-18)28-12-10-27(11-13-28)17(2)3/h6-9,15,17H,4-5,10-14,16H2,1-3H3,(H,25,30). The van der Waals surface area contributed by atoms with Gasteiger partial charge in [-0.3, -0.25) is 9.47 Å². The number of nitrogens with one attached hydrogen (secondary N) is 1. The van der Waals surface area contributed by atoms with Crippen LogP contribution in [-0.4, -0.2) is 63.2 Å². The molecule has 8 nitrogen and oxygen atoms in total. The molecule has 4 rings (SSSR count). The van der Waals surface area contributed by atoms with Crippen molar-refractivity contribution in [2.45, 2.75) is 46.2 Å². The fourth-order valence-electron chi connectivity index (χ4n) is 3.95. The van der Waals surface area contributed by atoms with E-state index in [0.717, 1.165) is 44.6 Å². The van der Waals surface area contributed by atoms with Crippen LogP contribution in [0.1, 0.15) is 39.2 Å². The van der Waals surface area contributed by atoms with Crippen LogP contribution >= 0.6 is 0 Å². The molecule has 1 aliphatic rings. The Kier molecular flexibility index (Phi) is 6.56. The number of hydrogen-bond acceptors (Lipinski definition) is 6. The van der Waals surface area contributed by atoms with Gasteiger partial charge in [-0.25, -0.2) is 9.78 Å². The molecule has 8 heteroatoms. The van der Waals surface area contributed by atoms with Crippen LogP contribution in [-0.2, 0) is 6.54 Å². The Labute approximate surface area is 182 Å². The van der Waals surface area contributed by atoms with Crippen molar-refractivity contribution in [3.8, 4) is 6.01 Å². The quantitative estimate of drug-likeness (QED) is 0.560. The van der Waals surface area contributed by atoms with Crippen LogP contribution in [0.2, 0.25) is 0 Å². The van der Waals surface area contributed by atoms with Gasteiger partial charge in [-0.05, 0) is 38.0 Å². The SMILES string of the molecule is CCCCOc1ncc2[nH]c(=O)n(Cc3ccc(N4CCN(C(C)C)CC4)cc3)c2n1. The van der Waals surface area contributed by atoms with Gasteiger partial charge in [-0.2, -0.15) is 4.98 Å². The van der Waals surface area contributed by atoms with Gasteiger partial charge in [0, 0.05) is 37.9 Å². The smallest absolute Gasteiger partial charge is 0.328 e. The monoisotopic (exact) mass is 424 g/mol. The first-order valence-corrected chi connectivity index (χ1v) is 11.2. The van der Waals surface area contributed by atoms with Gasteiger partial charge in [-0.15, -0.1) is 0 Å². The molecule has 1 aromatic carbocycles. The highest BCUT2D eigenvalue weighted by atomic mass is 16.5. The van der Waals surface area contributed by atoms with E-state index in [1.807, 2.05) is 0 Å². The number of nitrogens with zero attached hydrogens (tertiary/aromatic N) is 5. The summed E-state index contributed by atoms with van der Waals surface area (Å²) in [5, 5.41) is 0. The molecule has 0 saturated carbocycles. The highest BCUT2D eigenvalue weighted by Gasteiger charge is 2.19. The van der Waals surface area contributed by atoms with Crippen LogP contribution in [0.4, 0.5) is 5.69 Å². The number of hydrogen-bond donors (Lipinski definition) is 1. The minimum absolute atomic E-state index is 0.191. The first kappa shape index (κ1) is 21.4. The molecule has 0 bridgehead atoms. The first-order valence-electron chi connectivity index (χ1n) is 11.2. The van der Waals surface area contributed by atoms with Crippen LogP contribution in [0.3, 0.4) is 0 Å². The van der Waals surface area contributed by atoms with Gasteiger partial charge in [0.2, 0.25) is 0 Å². The van der Waals surface area contributed by atoms with Crippen LogP contribution in [0.25, 0.3) is 11.2 Å². The third-order valence-corrected chi connectivity index (χ3v) is 5.90. The molecular weight excluding hydrogens is 392 g/mol. The average molecular weight is 425 g/mol. The van der Waals surface area contributed by atoms with Crippen molar-refractivity contribution in [3.05, 3.63) is 46.5 Å². The Morgan fingerprint density at radius 2 is 1.87 bits per heavy atom. The highest BCUT2D eigenvalue weighted by molar-refractivity contribution is 5.69. The Hall–Kier alpha value is -2.87. The van der Waals surface area contributed by atoms with Crippen molar-refractivity contribution in [2.24, 2.45) is 0 Å².